The zero-order valence-corrected chi connectivity index (χ0v) is 14.7. The minimum atomic E-state index is -4.61. The molecule has 0 aliphatic carbocycles. The number of aromatic hydroxyl groups is 1. The first-order valence-corrected chi connectivity index (χ1v) is 9.25. The second-order valence-corrected chi connectivity index (χ2v) is 7.66. The Morgan fingerprint density at radius 3 is 2.64 bits per heavy atom. The number of phenols is 1. The summed E-state index contributed by atoms with van der Waals surface area (Å²) in [6, 6.07) is 8.70. The van der Waals surface area contributed by atoms with E-state index >= 15 is 0 Å². The van der Waals surface area contributed by atoms with Gasteiger partial charge in [0.2, 0.25) is 0 Å². The molecular weight excluding hydrogens is 390 g/mol. The molecule has 0 aliphatic heterocycles. The topological polar surface area (TPSA) is 112 Å². The van der Waals surface area contributed by atoms with Crippen molar-refractivity contribution in [2.45, 2.75) is 4.90 Å². The fourth-order valence-electron chi connectivity index (χ4n) is 2.95. The molecular formula is C18H10F2N4O3S. The molecule has 4 rings (SSSR count). The van der Waals surface area contributed by atoms with E-state index in [0.29, 0.717) is 28.6 Å². The van der Waals surface area contributed by atoms with Crippen molar-refractivity contribution >= 4 is 20.9 Å². The lowest BCUT2D eigenvalue weighted by atomic mass is 10.1. The molecule has 2 N–H and O–H groups in total. The number of rotatable bonds is 3. The van der Waals surface area contributed by atoms with E-state index in [4.69, 9.17) is 5.26 Å². The van der Waals surface area contributed by atoms with Gasteiger partial charge in [-0.25, -0.2) is 21.2 Å². The molecule has 0 fully saturated rings. The summed E-state index contributed by atoms with van der Waals surface area (Å²) in [6.45, 7) is 0. The third-order valence-corrected chi connectivity index (χ3v) is 5.93. The molecule has 7 nitrogen and oxygen atoms in total. The number of H-pyrrole nitrogens is 1. The van der Waals surface area contributed by atoms with Crippen LogP contribution in [0.3, 0.4) is 0 Å². The predicted molar refractivity (Wildman–Crippen MR) is 94.8 cm³/mol. The fourth-order valence-corrected chi connectivity index (χ4v) is 4.59. The van der Waals surface area contributed by atoms with E-state index in [1.165, 1.54) is 36.7 Å². The normalized spacial score (nSPS) is 11.6. The Morgan fingerprint density at radius 2 is 1.96 bits per heavy atom. The quantitative estimate of drug-likeness (QED) is 0.549. The molecule has 0 amide bonds. The Morgan fingerprint density at radius 1 is 1.18 bits per heavy atom. The summed E-state index contributed by atoms with van der Waals surface area (Å²) in [6.07, 6.45) is 2.81. The number of phenolic OH excluding ortho intramolecular Hbond substituents is 1. The smallest absolute Gasteiger partial charge is 0.272 e. The summed E-state index contributed by atoms with van der Waals surface area (Å²) in [7, 11) is -4.61. The summed E-state index contributed by atoms with van der Waals surface area (Å²) < 4.78 is 54.9. The van der Waals surface area contributed by atoms with E-state index in [0.717, 1.165) is 3.97 Å². The van der Waals surface area contributed by atoms with Crippen LogP contribution in [0.5, 0.6) is 5.75 Å². The number of aromatic nitrogens is 3. The van der Waals surface area contributed by atoms with Gasteiger partial charge in [0, 0.05) is 23.2 Å². The zero-order valence-electron chi connectivity index (χ0n) is 13.9. The number of nitriles is 1. The van der Waals surface area contributed by atoms with E-state index in [-0.39, 0.29) is 11.2 Å². The van der Waals surface area contributed by atoms with E-state index in [1.54, 1.807) is 0 Å². The van der Waals surface area contributed by atoms with Gasteiger partial charge in [-0.15, -0.1) is 0 Å². The van der Waals surface area contributed by atoms with Gasteiger partial charge in [-0.3, -0.25) is 5.10 Å². The summed E-state index contributed by atoms with van der Waals surface area (Å²) in [5.74, 6) is -3.73. The van der Waals surface area contributed by atoms with Gasteiger partial charge in [-0.2, -0.15) is 10.4 Å². The van der Waals surface area contributed by atoms with Gasteiger partial charge in [-0.05, 0) is 30.3 Å². The van der Waals surface area contributed by atoms with Crippen molar-refractivity contribution in [2.75, 3.05) is 0 Å². The van der Waals surface area contributed by atoms with Crippen LogP contribution in [0.25, 0.3) is 22.2 Å². The number of benzene rings is 2. The van der Waals surface area contributed by atoms with Crippen LogP contribution in [0.15, 0.2) is 53.7 Å². The number of nitrogens with zero attached hydrogens (tertiary/aromatic N) is 3. The van der Waals surface area contributed by atoms with Crippen LogP contribution in [0.4, 0.5) is 8.78 Å². The molecule has 2 aromatic heterocycles. The lowest BCUT2D eigenvalue weighted by Gasteiger charge is -2.13. The lowest BCUT2D eigenvalue weighted by molar-refractivity contribution is 0.411. The van der Waals surface area contributed by atoms with Gasteiger partial charge >= 0.3 is 0 Å². The van der Waals surface area contributed by atoms with Gasteiger partial charge in [0.25, 0.3) is 10.0 Å². The van der Waals surface area contributed by atoms with E-state index in [2.05, 4.69) is 10.2 Å². The van der Waals surface area contributed by atoms with Crippen molar-refractivity contribution in [3.63, 3.8) is 0 Å². The molecule has 10 heteroatoms. The molecule has 0 spiro atoms. The molecule has 0 radical (unpaired) electrons. The molecule has 0 saturated carbocycles. The molecule has 0 unspecified atom stereocenters. The van der Waals surface area contributed by atoms with Crippen LogP contribution in [0.2, 0.25) is 0 Å². The van der Waals surface area contributed by atoms with Crippen molar-refractivity contribution in [1.29, 1.82) is 5.26 Å². The summed E-state index contributed by atoms with van der Waals surface area (Å²) >= 11 is 0. The first-order chi connectivity index (χ1) is 13.3. The van der Waals surface area contributed by atoms with Crippen molar-refractivity contribution in [3.05, 3.63) is 66.0 Å². The van der Waals surface area contributed by atoms with Crippen LogP contribution in [-0.4, -0.2) is 27.7 Å². The number of fused-ring (bicyclic) bond motifs is 1. The van der Waals surface area contributed by atoms with Crippen LogP contribution in [0, 0.1) is 23.0 Å². The molecule has 0 bridgehead atoms. The van der Waals surface area contributed by atoms with Crippen molar-refractivity contribution < 1.29 is 22.3 Å². The number of hydrogen-bond donors (Lipinski definition) is 2. The van der Waals surface area contributed by atoms with Crippen LogP contribution < -0.4 is 0 Å². The fraction of sp³-hybridized carbons (Fsp3) is 0. The number of halogens is 2. The van der Waals surface area contributed by atoms with Crippen molar-refractivity contribution in [3.8, 4) is 23.1 Å². The Balaban J connectivity index is 2.10. The second kappa shape index (κ2) is 6.17. The highest BCUT2D eigenvalue weighted by atomic mass is 32.2. The van der Waals surface area contributed by atoms with Crippen LogP contribution >= 0.6 is 0 Å². The highest BCUT2D eigenvalue weighted by molar-refractivity contribution is 7.90. The maximum absolute atomic E-state index is 13.8. The minimum Gasteiger partial charge on any atom is -0.504 e. The summed E-state index contributed by atoms with van der Waals surface area (Å²) in [5, 5.41) is 25.8. The third kappa shape index (κ3) is 2.60. The molecule has 0 aliphatic rings. The second-order valence-electron chi connectivity index (χ2n) is 5.91. The highest BCUT2D eigenvalue weighted by Gasteiger charge is 2.29. The number of nitrogens with one attached hydrogen (secondary N) is 1. The van der Waals surface area contributed by atoms with Crippen molar-refractivity contribution in [1.82, 2.24) is 14.2 Å². The Labute approximate surface area is 157 Å². The van der Waals surface area contributed by atoms with Gasteiger partial charge in [0.1, 0.15) is 10.7 Å². The minimum absolute atomic E-state index is 0.142. The monoisotopic (exact) mass is 400 g/mol. The molecule has 0 atom stereocenters. The van der Waals surface area contributed by atoms with Crippen molar-refractivity contribution in [2.24, 2.45) is 0 Å². The Hall–Kier alpha value is -3.71. The maximum atomic E-state index is 13.8. The van der Waals surface area contributed by atoms with E-state index < -0.39 is 32.3 Å². The molecule has 2 aromatic carbocycles. The van der Waals surface area contributed by atoms with Gasteiger partial charge in [0.05, 0.1) is 29.0 Å². The van der Waals surface area contributed by atoms with Gasteiger partial charge in [0.15, 0.2) is 11.6 Å². The molecule has 0 saturated heterocycles. The Kier molecular flexibility index (Phi) is 3.90. The highest BCUT2D eigenvalue weighted by Crippen LogP contribution is 2.35. The van der Waals surface area contributed by atoms with Crippen LogP contribution in [-0.2, 0) is 10.0 Å². The largest absolute Gasteiger partial charge is 0.504 e. The lowest BCUT2D eigenvalue weighted by Crippen LogP contribution is -2.15. The average Bonchev–Trinajstić information content (AvgIpc) is 3.31. The Bertz CT molecular complexity index is 1370. The molecule has 4 aromatic rings. The first kappa shape index (κ1) is 17.7. The number of aromatic amines is 1. The van der Waals surface area contributed by atoms with Gasteiger partial charge in [-0.1, -0.05) is 0 Å². The van der Waals surface area contributed by atoms with Crippen LogP contribution in [0.1, 0.15) is 5.56 Å². The summed E-state index contributed by atoms with van der Waals surface area (Å²) in [5.41, 5.74) is 0.997. The zero-order chi connectivity index (χ0) is 20.1. The number of hydrogen-bond acceptors (Lipinski definition) is 5. The first-order valence-electron chi connectivity index (χ1n) is 7.81. The van der Waals surface area contributed by atoms with Gasteiger partial charge < -0.3 is 5.11 Å². The van der Waals surface area contributed by atoms with E-state index in [1.807, 2.05) is 6.07 Å². The maximum Gasteiger partial charge on any atom is 0.272 e. The van der Waals surface area contributed by atoms with E-state index in [9.17, 15) is 22.3 Å². The molecule has 28 heavy (non-hydrogen) atoms. The average molecular weight is 400 g/mol. The molecule has 2 heterocycles. The SMILES string of the molecule is N#Cc1ccc2c(c1)cc(-c1cn[nH]c1)n2S(=O)(=O)c1cc(F)cc(F)c1O. The standard InChI is InChI=1S/C18H10F2N4O3S/c19-13-5-14(20)18(25)17(6-13)28(26,27)24-15-2-1-10(7-21)3-11(15)4-16(24)12-8-22-23-9-12/h1-6,8-9,25H,(H,22,23). The third-order valence-electron chi connectivity index (χ3n) is 4.19. The summed E-state index contributed by atoms with van der Waals surface area (Å²) in [4.78, 5) is -0.920. The molecule has 140 valence electrons. The predicted octanol–water partition coefficient (Wildman–Crippen LogP) is 3.12.